The summed E-state index contributed by atoms with van der Waals surface area (Å²) in [5.74, 6) is 0.805. The summed E-state index contributed by atoms with van der Waals surface area (Å²) in [6.45, 7) is 0. The van der Waals surface area contributed by atoms with Gasteiger partial charge in [0.1, 0.15) is 5.78 Å². The summed E-state index contributed by atoms with van der Waals surface area (Å²) >= 11 is 3.54. The van der Waals surface area contributed by atoms with Crippen LogP contribution in [-0.2, 0) is 11.2 Å². The average molecular weight is 267 g/mol. The number of halogens is 1. The van der Waals surface area contributed by atoms with Gasteiger partial charge in [0.2, 0.25) is 0 Å². The van der Waals surface area contributed by atoms with Crippen molar-refractivity contribution in [1.82, 2.24) is 0 Å². The Morgan fingerprint density at radius 2 is 2.13 bits per heavy atom. The second kappa shape index (κ2) is 4.93. The fourth-order valence-corrected chi connectivity index (χ4v) is 2.71. The first-order chi connectivity index (χ1) is 7.27. The number of hydrogen-bond acceptors (Lipinski definition) is 1. The largest absolute Gasteiger partial charge is 0.299 e. The van der Waals surface area contributed by atoms with Gasteiger partial charge in [0, 0.05) is 16.8 Å². The van der Waals surface area contributed by atoms with Crippen LogP contribution in [0.2, 0.25) is 0 Å². The van der Waals surface area contributed by atoms with E-state index >= 15 is 0 Å². The van der Waals surface area contributed by atoms with Crippen LogP contribution in [0.5, 0.6) is 0 Å². The van der Waals surface area contributed by atoms with E-state index < -0.39 is 0 Å². The van der Waals surface area contributed by atoms with Gasteiger partial charge in [-0.3, -0.25) is 4.79 Å². The molecule has 80 valence electrons. The third-order valence-electron chi connectivity index (χ3n) is 3.15. The lowest BCUT2D eigenvalue weighted by atomic mass is 9.97. The summed E-state index contributed by atoms with van der Waals surface area (Å²) in [5, 5.41) is 0. The van der Waals surface area contributed by atoms with Crippen molar-refractivity contribution in [3.63, 3.8) is 0 Å². The smallest absolute Gasteiger partial charge is 0.135 e. The summed E-state index contributed by atoms with van der Waals surface area (Å²) < 4.78 is 1.16. The first-order valence-corrected chi connectivity index (χ1v) is 6.33. The molecule has 0 heterocycles. The van der Waals surface area contributed by atoms with E-state index in [-0.39, 0.29) is 0 Å². The molecule has 1 aliphatic carbocycles. The predicted octanol–water partition coefficient (Wildman–Crippen LogP) is 3.75. The molecule has 1 aromatic rings. The summed E-state index contributed by atoms with van der Waals surface area (Å²) in [4.78, 5) is 11.5. The summed E-state index contributed by atoms with van der Waals surface area (Å²) in [6, 6.07) is 8.26. The standard InChI is InChI=1S/C13H15BrO/c14-12-6-2-1-4-10(12)8-9-11-5-3-7-13(11)15/h1-2,4,6,11H,3,5,7-9H2. The number of carbonyl (C=O) groups excluding carboxylic acids is 1. The maximum Gasteiger partial charge on any atom is 0.135 e. The highest BCUT2D eigenvalue weighted by Crippen LogP contribution is 2.27. The molecule has 0 radical (unpaired) electrons. The van der Waals surface area contributed by atoms with Crippen molar-refractivity contribution in [2.75, 3.05) is 0 Å². The minimum Gasteiger partial charge on any atom is -0.299 e. The lowest BCUT2D eigenvalue weighted by Gasteiger charge is -2.08. The number of aryl methyl sites for hydroxylation is 1. The maximum atomic E-state index is 11.5. The summed E-state index contributed by atoms with van der Waals surface area (Å²) in [5.41, 5.74) is 1.32. The minimum absolute atomic E-state index is 0.331. The molecule has 0 N–H and O–H groups in total. The van der Waals surface area contributed by atoms with Gasteiger partial charge in [-0.15, -0.1) is 0 Å². The van der Waals surface area contributed by atoms with Crippen LogP contribution in [0.1, 0.15) is 31.2 Å². The van der Waals surface area contributed by atoms with Crippen LogP contribution in [0.15, 0.2) is 28.7 Å². The molecule has 1 nitrogen and oxygen atoms in total. The van der Waals surface area contributed by atoms with E-state index in [1.165, 1.54) is 5.56 Å². The molecule has 0 saturated heterocycles. The van der Waals surface area contributed by atoms with Crippen LogP contribution in [0, 0.1) is 5.92 Å². The van der Waals surface area contributed by atoms with Crippen molar-refractivity contribution in [2.24, 2.45) is 5.92 Å². The summed E-state index contributed by atoms with van der Waals surface area (Å²) in [6.07, 6.45) is 5.03. The highest BCUT2D eigenvalue weighted by molar-refractivity contribution is 9.10. The van der Waals surface area contributed by atoms with Gasteiger partial charge in [0.15, 0.2) is 0 Å². The number of hydrogen-bond donors (Lipinski definition) is 0. The molecular formula is C13H15BrO. The van der Waals surface area contributed by atoms with E-state index in [0.29, 0.717) is 11.7 Å². The zero-order chi connectivity index (χ0) is 10.7. The molecule has 1 aliphatic rings. The minimum atomic E-state index is 0.331. The van der Waals surface area contributed by atoms with Gasteiger partial charge in [-0.1, -0.05) is 34.1 Å². The van der Waals surface area contributed by atoms with Crippen LogP contribution < -0.4 is 0 Å². The molecule has 15 heavy (non-hydrogen) atoms. The Morgan fingerprint density at radius 1 is 1.33 bits per heavy atom. The van der Waals surface area contributed by atoms with E-state index in [9.17, 15) is 4.79 Å². The van der Waals surface area contributed by atoms with Gasteiger partial charge in [-0.05, 0) is 37.3 Å². The number of benzene rings is 1. The molecule has 0 aromatic heterocycles. The highest BCUT2D eigenvalue weighted by Gasteiger charge is 2.23. The van der Waals surface area contributed by atoms with Crippen molar-refractivity contribution in [3.05, 3.63) is 34.3 Å². The Kier molecular flexibility index (Phi) is 3.57. The highest BCUT2D eigenvalue weighted by atomic mass is 79.9. The quantitative estimate of drug-likeness (QED) is 0.815. The number of Topliss-reactive ketones (excluding diaryl/α,β-unsaturated/α-hetero) is 1. The molecular weight excluding hydrogens is 252 g/mol. The zero-order valence-corrected chi connectivity index (χ0v) is 10.3. The van der Waals surface area contributed by atoms with Crippen molar-refractivity contribution in [1.29, 1.82) is 0 Å². The third kappa shape index (κ3) is 2.69. The first-order valence-electron chi connectivity index (χ1n) is 5.53. The predicted molar refractivity (Wildman–Crippen MR) is 64.8 cm³/mol. The van der Waals surface area contributed by atoms with Crippen LogP contribution in [0.25, 0.3) is 0 Å². The number of rotatable bonds is 3. The monoisotopic (exact) mass is 266 g/mol. The molecule has 0 amide bonds. The zero-order valence-electron chi connectivity index (χ0n) is 8.71. The summed E-state index contributed by atoms with van der Waals surface area (Å²) in [7, 11) is 0. The van der Waals surface area contributed by atoms with E-state index in [1.54, 1.807) is 0 Å². The molecule has 1 aromatic carbocycles. The molecule has 2 heteroatoms. The van der Waals surface area contributed by atoms with E-state index in [1.807, 2.05) is 6.07 Å². The van der Waals surface area contributed by atoms with Gasteiger partial charge < -0.3 is 0 Å². The van der Waals surface area contributed by atoms with Crippen molar-refractivity contribution < 1.29 is 4.79 Å². The topological polar surface area (TPSA) is 17.1 Å². The molecule has 1 unspecified atom stereocenters. The fourth-order valence-electron chi connectivity index (χ4n) is 2.22. The molecule has 1 saturated carbocycles. The Labute approximate surface area is 99.0 Å². The SMILES string of the molecule is O=C1CCCC1CCc1ccccc1Br. The van der Waals surface area contributed by atoms with Gasteiger partial charge in [0.25, 0.3) is 0 Å². The van der Waals surface area contributed by atoms with Gasteiger partial charge in [0.05, 0.1) is 0 Å². The molecule has 1 atom stereocenters. The first kappa shape index (κ1) is 10.9. The Morgan fingerprint density at radius 3 is 2.80 bits per heavy atom. The van der Waals surface area contributed by atoms with Crippen molar-refractivity contribution in [3.8, 4) is 0 Å². The normalized spacial score (nSPS) is 20.9. The third-order valence-corrected chi connectivity index (χ3v) is 3.92. The van der Waals surface area contributed by atoms with E-state index in [0.717, 1.165) is 36.6 Å². The second-order valence-corrected chi connectivity index (χ2v) is 5.04. The van der Waals surface area contributed by atoms with Gasteiger partial charge in [-0.2, -0.15) is 0 Å². The van der Waals surface area contributed by atoms with Crippen molar-refractivity contribution >= 4 is 21.7 Å². The second-order valence-electron chi connectivity index (χ2n) is 4.19. The van der Waals surface area contributed by atoms with Crippen molar-refractivity contribution in [2.45, 2.75) is 32.1 Å². The molecule has 0 aliphatic heterocycles. The lowest BCUT2D eigenvalue weighted by molar-refractivity contribution is -0.120. The molecule has 0 bridgehead atoms. The molecule has 1 fully saturated rings. The Hall–Kier alpha value is -0.630. The number of ketones is 1. The van der Waals surface area contributed by atoms with Crippen LogP contribution in [0.3, 0.4) is 0 Å². The Balaban J connectivity index is 1.93. The van der Waals surface area contributed by atoms with Crippen LogP contribution in [-0.4, -0.2) is 5.78 Å². The van der Waals surface area contributed by atoms with Gasteiger partial charge in [-0.25, -0.2) is 0 Å². The lowest BCUT2D eigenvalue weighted by Crippen LogP contribution is -2.07. The molecule has 2 rings (SSSR count). The van der Waals surface area contributed by atoms with Crippen LogP contribution >= 0.6 is 15.9 Å². The van der Waals surface area contributed by atoms with E-state index in [2.05, 4.69) is 34.1 Å². The maximum absolute atomic E-state index is 11.5. The van der Waals surface area contributed by atoms with Gasteiger partial charge >= 0.3 is 0 Å². The Bertz CT molecular complexity index is 359. The average Bonchev–Trinajstić information content (AvgIpc) is 2.63. The number of carbonyl (C=O) groups is 1. The molecule has 0 spiro atoms. The fraction of sp³-hybridized carbons (Fsp3) is 0.462. The van der Waals surface area contributed by atoms with Crippen LogP contribution in [0.4, 0.5) is 0 Å². The van der Waals surface area contributed by atoms with E-state index in [4.69, 9.17) is 0 Å².